The summed E-state index contributed by atoms with van der Waals surface area (Å²) in [5, 5.41) is 5.43. The number of fused-ring (bicyclic) bond motifs is 1. The quantitative estimate of drug-likeness (QED) is 0.911. The van der Waals surface area contributed by atoms with Crippen LogP contribution in [0, 0.1) is 0 Å². The monoisotopic (exact) mass is 306 g/mol. The molecule has 3 N–H and O–H groups in total. The number of amides is 1. The van der Waals surface area contributed by atoms with E-state index in [0.717, 1.165) is 20.9 Å². The molecule has 0 spiro atoms. The molecular formula is C14H15BrN2O. The van der Waals surface area contributed by atoms with Crippen LogP contribution in [0.2, 0.25) is 0 Å². The Hall–Kier alpha value is -1.55. The molecule has 2 aromatic carbocycles. The van der Waals surface area contributed by atoms with Gasteiger partial charge in [-0.1, -0.05) is 35.0 Å². The summed E-state index contributed by atoms with van der Waals surface area (Å²) in [5.41, 5.74) is 6.23. The minimum atomic E-state index is -0.326. The van der Waals surface area contributed by atoms with E-state index in [9.17, 15) is 4.79 Å². The van der Waals surface area contributed by atoms with E-state index in [1.54, 1.807) is 0 Å². The molecule has 0 heterocycles. The predicted molar refractivity (Wildman–Crippen MR) is 78.5 cm³/mol. The first kappa shape index (κ1) is 12.9. The van der Waals surface area contributed by atoms with Gasteiger partial charge in [0.1, 0.15) is 6.04 Å². The van der Waals surface area contributed by atoms with Crippen LogP contribution in [0.4, 0.5) is 5.69 Å². The van der Waals surface area contributed by atoms with Crippen molar-refractivity contribution >= 4 is 38.3 Å². The third-order valence-corrected chi connectivity index (χ3v) is 3.39. The molecule has 1 unspecified atom stereocenters. The summed E-state index contributed by atoms with van der Waals surface area (Å²) in [5.74, 6) is -0.326. The number of halogens is 1. The fourth-order valence-corrected chi connectivity index (χ4v) is 2.26. The van der Waals surface area contributed by atoms with E-state index >= 15 is 0 Å². The van der Waals surface area contributed by atoms with Gasteiger partial charge >= 0.3 is 0 Å². The van der Waals surface area contributed by atoms with Crippen molar-refractivity contribution in [3.63, 3.8) is 0 Å². The molecule has 0 saturated carbocycles. The maximum atomic E-state index is 11.2. The molecule has 0 aromatic heterocycles. The molecule has 0 fully saturated rings. The van der Waals surface area contributed by atoms with E-state index in [2.05, 4.69) is 27.3 Å². The molecular weight excluding hydrogens is 292 g/mol. The highest BCUT2D eigenvalue weighted by Gasteiger charge is 2.12. The molecule has 0 aliphatic carbocycles. The van der Waals surface area contributed by atoms with Crippen molar-refractivity contribution in [1.29, 1.82) is 0 Å². The number of anilines is 1. The molecule has 0 aliphatic rings. The van der Waals surface area contributed by atoms with E-state index in [-0.39, 0.29) is 11.9 Å². The van der Waals surface area contributed by atoms with Crippen molar-refractivity contribution in [3.8, 4) is 0 Å². The number of nitrogens with one attached hydrogen (secondary N) is 1. The van der Waals surface area contributed by atoms with Gasteiger partial charge in [-0.2, -0.15) is 0 Å². The van der Waals surface area contributed by atoms with Crippen LogP contribution < -0.4 is 11.1 Å². The van der Waals surface area contributed by atoms with Gasteiger partial charge in [-0.3, -0.25) is 4.79 Å². The number of hydrogen-bond acceptors (Lipinski definition) is 2. The second-order valence-corrected chi connectivity index (χ2v) is 5.13. The lowest BCUT2D eigenvalue weighted by molar-refractivity contribution is -0.118. The molecule has 0 saturated heterocycles. The van der Waals surface area contributed by atoms with E-state index < -0.39 is 0 Å². The number of nitrogens with two attached hydrogens (primary N) is 1. The van der Waals surface area contributed by atoms with Crippen LogP contribution in [-0.2, 0) is 4.79 Å². The van der Waals surface area contributed by atoms with Crippen LogP contribution in [-0.4, -0.2) is 11.9 Å². The smallest absolute Gasteiger partial charge is 0.239 e. The maximum Gasteiger partial charge on any atom is 0.239 e. The van der Waals surface area contributed by atoms with E-state index in [0.29, 0.717) is 6.42 Å². The number of hydrogen-bond donors (Lipinski definition) is 2. The van der Waals surface area contributed by atoms with Crippen molar-refractivity contribution in [2.24, 2.45) is 5.73 Å². The zero-order valence-electron chi connectivity index (χ0n) is 10.1. The van der Waals surface area contributed by atoms with Gasteiger partial charge in [0.25, 0.3) is 0 Å². The van der Waals surface area contributed by atoms with Crippen LogP contribution in [0.5, 0.6) is 0 Å². The standard InChI is InChI=1S/C14H15BrN2O/c1-2-13(14(16)18)17-12-6-4-9-7-11(15)5-3-10(9)8-12/h3-8,13,17H,2H2,1H3,(H2,16,18). The van der Waals surface area contributed by atoms with Crippen molar-refractivity contribution in [2.45, 2.75) is 19.4 Å². The lowest BCUT2D eigenvalue weighted by Gasteiger charge is -2.15. The van der Waals surface area contributed by atoms with Gasteiger partial charge in [0.05, 0.1) is 0 Å². The Morgan fingerprint density at radius 1 is 1.28 bits per heavy atom. The fraction of sp³-hybridized carbons (Fsp3) is 0.214. The van der Waals surface area contributed by atoms with Crippen molar-refractivity contribution < 1.29 is 4.79 Å². The lowest BCUT2D eigenvalue weighted by Crippen LogP contribution is -2.34. The summed E-state index contributed by atoms with van der Waals surface area (Å²) in [6.07, 6.45) is 0.674. The molecule has 3 nitrogen and oxygen atoms in total. The van der Waals surface area contributed by atoms with Crippen molar-refractivity contribution in [2.75, 3.05) is 5.32 Å². The number of benzene rings is 2. The lowest BCUT2D eigenvalue weighted by atomic mass is 10.1. The topological polar surface area (TPSA) is 55.1 Å². The first-order chi connectivity index (χ1) is 8.60. The van der Waals surface area contributed by atoms with E-state index in [4.69, 9.17) is 5.73 Å². The van der Waals surface area contributed by atoms with Crippen LogP contribution >= 0.6 is 15.9 Å². The molecule has 1 atom stereocenters. The Kier molecular flexibility index (Phi) is 3.87. The van der Waals surface area contributed by atoms with Gasteiger partial charge < -0.3 is 11.1 Å². The SMILES string of the molecule is CCC(Nc1ccc2cc(Br)ccc2c1)C(N)=O. The molecule has 0 radical (unpaired) electrons. The zero-order valence-corrected chi connectivity index (χ0v) is 11.7. The number of primary amides is 1. The molecule has 18 heavy (non-hydrogen) atoms. The Balaban J connectivity index is 2.30. The van der Waals surface area contributed by atoms with Gasteiger partial charge in [-0.05, 0) is 41.5 Å². The predicted octanol–water partition coefficient (Wildman–Crippen LogP) is 3.28. The molecule has 2 aromatic rings. The zero-order chi connectivity index (χ0) is 13.1. The van der Waals surface area contributed by atoms with Crippen molar-refractivity contribution in [1.82, 2.24) is 0 Å². The van der Waals surface area contributed by atoms with Gasteiger partial charge in [0.15, 0.2) is 0 Å². The van der Waals surface area contributed by atoms with E-state index in [1.165, 1.54) is 0 Å². The fourth-order valence-electron chi connectivity index (χ4n) is 1.88. The third-order valence-electron chi connectivity index (χ3n) is 2.89. The van der Waals surface area contributed by atoms with Crippen LogP contribution in [0.15, 0.2) is 40.9 Å². The molecule has 4 heteroatoms. The highest BCUT2D eigenvalue weighted by molar-refractivity contribution is 9.10. The summed E-state index contributed by atoms with van der Waals surface area (Å²) in [6.45, 7) is 1.93. The van der Waals surface area contributed by atoms with Gasteiger partial charge in [0.2, 0.25) is 5.91 Å². The second-order valence-electron chi connectivity index (χ2n) is 4.21. The van der Waals surface area contributed by atoms with Crippen LogP contribution in [0.3, 0.4) is 0 Å². The number of carbonyl (C=O) groups excluding carboxylic acids is 1. The average molecular weight is 307 g/mol. The minimum Gasteiger partial charge on any atom is -0.374 e. The summed E-state index contributed by atoms with van der Waals surface area (Å²) in [7, 11) is 0. The van der Waals surface area contributed by atoms with Crippen LogP contribution in [0.25, 0.3) is 10.8 Å². The first-order valence-electron chi connectivity index (χ1n) is 5.85. The summed E-state index contributed by atoms with van der Waals surface area (Å²) >= 11 is 3.44. The maximum absolute atomic E-state index is 11.2. The Labute approximate surface area is 114 Å². The second kappa shape index (κ2) is 5.40. The highest BCUT2D eigenvalue weighted by Crippen LogP contribution is 2.23. The summed E-state index contributed by atoms with van der Waals surface area (Å²) in [4.78, 5) is 11.2. The molecule has 0 aliphatic heterocycles. The van der Waals surface area contributed by atoms with Gasteiger partial charge in [-0.15, -0.1) is 0 Å². The average Bonchev–Trinajstić information content (AvgIpc) is 2.35. The van der Waals surface area contributed by atoms with Gasteiger partial charge in [0, 0.05) is 10.2 Å². The molecule has 1 amide bonds. The van der Waals surface area contributed by atoms with E-state index in [1.807, 2.05) is 37.3 Å². The highest BCUT2D eigenvalue weighted by atomic mass is 79.9. The third kappa shape index (κ3) is 2.82. The Morgan fingerprint density at radius 3 is 2.61 bits per heavy atom. The Bertz CT molecular complexity index is 583. The summed E-state index contributed by atoms with van der Waals surface area (Å²) in [6, 6.07) is 11.8. The molecule has 0 bridgehead atoms. The van der Waals surface area contributed by atoms with Crippen molar-refractivity contribution in [3.05, 3.63) is 40.9 Å². The minimum absolute atomic E-state index is 0.321. The largest absolute Gasteiger partial charge is 0.374 e. The normalized spacial score (nSPS) is 12.3. The Morgan fingerprint density at radius 2 is 1.94 bits per heavy atom. The molecule has 94 valence electrons. The van der Waals surface area contributed by atoms with Crippen LogP contribution in [0.1, 0.15) is 13.3 Å². The van der Waals surface area contributed by atoms with Gasteiger partial charge in [-0.25, -0.2) is 0 Å². The number of carbonyl (C=O) groups is 1. The molecule has 2 rings (SSSR count). The summed E-state index contributed by atoms with van der Waals surface area (Å²) < 4.78 is 1.05. The first-order valence-corrected chi connectivity index (χ1v) is 6.64. The number of rotatable bonds is 4.